The minimum atomic E-state index is -1.15. The van der Waals surface area contributed by atoms with E-state index in [1.165, 1.54) is 22.3 Å². The molecule has 98 valence electrons. The van der Waals surface area contributed by atoms with Gasteiger partial charge in [0.15, 0.2) is 0 Å². The summed E-state index contributed by atoms with van der Waals surface area (Å²) in [6.45, 7) is 0. The summed E-state index contributed by atoms with van der Waals surface area (Å²) in [6.07, 6.45) is 1.28. The van der Waals surface area contributed by atoms with E-state index in [0.717, 1.165) is 5.69 Å². The average molecular weight is 384 g/mol. The van der Waals surface area contributed by atoms with Crippen LogP contribution in [0.4, 0.5) is 5.69 Å². The zero-order valence-corrected chi connectivity index (χ0v) is 14.5. The Morgan fingerprint density at radius 3 is 2.61 bits per heavy atom. The van der Waals surface area contributed by atoms with Crippen LogP contribution in [0, 0.1) is 0 Å². The van der Waals surface area contributed by atoms with Crippen LogP contribution in [-0.2, 0) is 4.79 Å². The van der Waals surface area contributed by atoms with Crippen molar-refractivity contribution in [3.63, 3.8) is 0 Å². The number of hydrogen-bond donors (Lipinski definition) is 1. The molecule has 0 unspecified atom stereocenters. The van der Waals surface area contributed by atoms with Gasteiger partial charge >= 0.3 is 129 Å². The first-order valence-corrected chi connectivity index (χ1v) is 13.7. The molecule has 1 aromatic rings. The minimum absolute atomic E-state index is 0.355. The topological polar surface area (TPSA) is 29.1 Å². The van der Waals surface area contributed by atoms with Gasteiger partial charge in [-0.3, -0.25) is 0 Å². The van der Waals surface area contributed by atoms with Crippen LogP contribution in [0.15, 0.2) is 24.3 Å². The predicted molar refractivity (Wildman–Crippen MR) is 85.5 cm³/mol. The van der Waals surface area contributed by atoms with E-state index in [1.54, 1.807) is 0 Å². The molecule has 1 amide bonds. The molecule has 7 heteroatoms. The molecule has 0 aromatic heterocycles. The molecule has 0 spiro atoms. The van der Waals surface area contributed by atoms with Gasteiger partial charge in [-0.2, -0.15) is 0 Å². The molecule has 0 radical (unpaired) electrons. The van der Waals surface area contributed by atoms with Gasteiger partial charge in [-0.25, -0.2) is 0 Å². The first kappa shape index (κ1) is 14.9. The Balaban J connectivity index is 2.16. The first-order valence-electron chi connectivity index (χ1n) is 5.42. The Bertz CT molecular complexity index is 427. The van der Waals surface area contributed by atoms with Gasteiger partial charge in [-0.15, -0.1) is 0 Å². The number of nitrogens with one attached hydrogen (secondary N) is 1. The van der Waals surface area contributed by atoms with Crippen molar-refractivity contribution < 1.29 is 4.79 Å². The second kappa shape index (κ2) is 7.35. The molecule has 0 bridgehead atoms. The maximum atomic E-state index is 11.6. The Kier molecular flexibility index (Phi) is 6.09. The molecular formula is C11H12AsCl2NOS2. The van der Waals surface area contributed by atoms with Crippen LogP contribution in [-0.4, -0.2) is 34.6 Å². The fraction of sp³-hybridized carbons (Fsp3) is 0.364. The van der Waals surface area contributed by atoms with E-state index in [2.05, 4.69) is 31.4 Å². The molecule has 1 N–H and O–H groups in total. The molecule has 1 fully saturated rings. The summed E-state index contributed by atoms with van der Waals surface area (Å²) >= 11 is 9.99. The van der Waals surface area contributed by atoms with Crippen LogP contribution in [0.5, 0.6) is 0 Å². The van der Waals surface area contributed by atoms with E-state index in [9.17, 15) is 4.79 Å². The van der Waals surface area contributed by atoms with Crippen molar-refractivity contribution in [1.82, 2.24) is 0 Å². The van der Waals surface area contributed by atoms with Gasteiger partial charge in [0.2, 0.25) is 0 Å². The summed E-state index contributed by atoms with van der Waals surface area (Å²) in [5.41, 5.74) is 0.871. The average Bonchev–Trinajstić information content (AvgIpc) is 2.40. The molecule has 1 saturated heterocycles. The van der Waals surface area contributed by atoms with E-state index in [1.807, 2.05) is 18.2 Å². The first-order chi connectivity index (χ1) is 8.68. The third-order valence-corrected chi connectivity index (χ3v) is 16.3. The number of anilines is 1. The van der Waals surface area contributed by atoms with Crippen molar-refractivity contribution in [2.75, 3.05) is 16.8 Å². The molecular weight excluding hydrogens is 372 g/mol. The van der Waals surface area contributed by atoms with E-state index in [0.29, 0.717) is 0 Å². The maximum absolute atomic E-state index is 11.6. The van der Waals surface area contributed by atoms with E-state index in [-0.39, 0.29) is 5.91 Å². The summed E-state index contributed by atoms with van der Waals surface area (Å²) in [5, 5.41) is 2.81. The van der Waals surface area contributed by atoms with Crippen LogP contribution in [0.2, 0.25) is 0 Å². The molecule has 0 saturated carbocycles. The number of hydrogen-bond acceptors (Lipinski definition) is 3. The van der Waals surface area contributed by atoms with Crippen molar-refractivity contribution in [3.8, 4) is 0 Å². The Morgan fingerprint density at radius 1 is 1.28 bits per heavy atom. The van der Waals surface area contributed by atoms with Crippen molar-refractivity contribution in [2.24, 2.45) is 0 Å². The fourth-order valence-corrected chi connectivity index (χ4v) is 15.2. The molecule has 0 atom stereocenters. The van der Waals surface area contributed by atoms with Crippen LogP contribution < -0.4 is 9.67 Å². The molecule has 1 aliphatic rings. The summed E-state index contributed by atoms with van der Waals surface area (Å²) in [6, 6.07) is 7.98. The van der Waals surface area contributed by atoms with Crippen LogP contribution in [0.1, 0.15) is 6.42 Å². The normalized spacial score (nSPS) is 16.8. The zero-order valence-electron chi connectivity index (χ0n) is 9.44. The molecule has 1 aromatic carbocycles. The molecule has 18 heavy (non-hydrogen) atoms. The van der Waals surface area contributed by atoms with Crippen LogP contribution >= 0.6 is 43.3 Å². The quantitative estimate of drug-likeness (QED) is 0.642. The number of rotatable bonds is 3. The molecule has 0 aliphatic carbocycles. The molecule has 1 aliphatic heterocycles. The van der Waals surface area contributed by atoms with Crippen molar-refractivity contribution in [3.05, 3.63) is 24.3 Å². The van der Waals surface area contributed by atoms with E-state index in [4.69, 9.17) is 23.2 Å². The van der Waals surface area contributed by atoms with E-state index >= 15 is 0 Å². The summed E-state index contributed by atoms with van der Waals surface area (Å²) in [4.78, 5) is 10.6. The number of carbonyl (C=O) groups is 1. The van der Waals surface area contributed by atoms with Gasteiger partial charge in [0, 0.05) is 0 Å². The molecule has 1 heterocycles. The van der Waals surface area contributed by atoms with Crippen molar-refractivity contribution >= 4 is 71.5 Å². The van der Waals surface area contributed by atoms with Gasteiger partial charge in [0.25, 0.3) is 0 Å². The summed E-state index contributed by atoms with van der Waals surface area (Å²) < 4.78 is 1.28. The van der Waals surface area contributed by atoms with Gasteiger partial charge in [-0.1, -0.05) is 0 Å². The van der Waals surface area contributed by atoms with Crippen molar-refractivity contribution in [2.45, 2.75) is 11.3 Å². The number of para-hydroxylation sites is 1. The monoisotopic (exact) mass is 383 g/mol. The molecule has 2 rings (SSSR count). The number of amides is 1. The predicted octanol–water partition coefficient (Wildman–Crippen LogP) is 2.99. The zero-order chi connectivity index (χ0) is 13.0. The molecule has 2 nitrogen and oxygen atoms in total. The van der Waals surface area contributed by atoms with Crippen LogP contribution in [0.25, 0.3) is 0 Å². The van der Waals surface area contributed by atoms with Crippen LogP contribution in [0.3, 0.4) is 0 Å². The fourth-order valence-electron chi connectivity index (χ4n) is 1.46. The van der Waals surface area contributed by atoms with Gasteiger partial charge in [0.05, 0.1) is 0 Å². The SMILES string of the molecule is O=C(Nc1ccccc1[As]1SCCCS1)C(Cl)Cl. The van der Waals surface area contributed by atoms with Gasteiger partial charge in [-0.05, 0) is 0 Å². The number of halogens is 2. The second-order valence-corrected chi connectivity index (χ2v) is 16.3. The van der Waals surface area contributed by atoms with E-state index < -0.39 is 17.2 Å². The van der Waals surface area contributed by atoms with Gasteiger partial charge < -0.3 is 0 Å². The Morgan fingerprint density at radius 2 is 1.94 bits per heavy atom. The number of carbonyl (C=O) groups excluding carboxylic acids is 1. The number of alkyl halides is 2. The third-order valence-electron chi connectivity index (χ3n) is 2.26. The Labute approximate surface area is 128 Å². The third kappa shape index (κ3) is 4.01. The van der Waals surface area contributed by atoms with Gasteiger partial charge in [0.1, 0.15) is 0 Å². The van der Waals surface area contributed by atoms with Crippen molar-refractivity contribution in [1.29, 1.82) is 0 Å². The standard InChI is InChI=1S/C11H12AsCl2NOS2/c13-10(14)11(16)15-9-5-2-1-4-8(9)12-17-6-3-7-18-12/h1-2,4-5,10H,3,6-7H2,(H,15,16). The summed E-state index contributed by atoms with van der Waals surface area (Å²) in [7, 11) is 4.11. The summed E-state index contributed by atoms with van der Waals surface area (Å²) in [5.74, 6) is 2.10. The Hall–Kier alpha value is 0.528. The second-order valence-electron chi connectivity index (χ2n) is 3.58. The number of benzene rings is 1.